The third-order valence-electron chi connectivity index (χ3n) is 13.6. The van der Waals surface area contributed by atoms with E-state index in [0.29, 0.717) is 0 Å². The van der Waals surface area contributed by atoms with Gasteiger partial charge in [0.25, 0.3) is 0 Å². The van der Waals surface area contributed by atoms with Gasteiger partial charge in [-0.05, 0) is 128 Å². The number of nitrogens with zero attached hydrogens (tertiary/aromatic N) is 2. The Morgan fingerprint density at radius 2 is 0.841 bits per heavy atom. The van der Waals surface area contributed by atoms with Crippen molar-refractivity contribution in [3.63, 3.8) is 0 Å². The van der Waals surface area contributed by atoms with Crippen LogP contribution in [0.4, 0.5) is 17.1 Å². The van der Waals surface area contributed by atoms with Gasteiger partial charge in [0.05, 0.1) is 22.1 Å². The van der Waals surface area contributed by atoms with Crippen LogP contribution in [0, 0.1) is 0 Å². The van der Waals surface area contributed by atoms with Crippen molar-refractivity contribution >= 4 is 38.9 Å². The van der Waals surface area contributed by atoms with Crippen LogP contribution >= 0.6 is 0 Å². The Bertz CT molecular complexity index is 3520. The molecule has 2 aliphatic carbocycles. The summed E-state index contributed by atoms with van der Waals surface area (Å²) in [5.74, 6) is 0. The van der Waals surface area contributed by atoms with Crippen LogP contribution < -0.4 is 4.90 Å². The predicted octanol–water partition coefficient (Wildman–Crippen LogP) is 15.9. The average molecular weight is 801 g/mol. The number of benzene rings is 10. The molecule has 0 N–H and O–H groups in total. The molecule has 1 aromatic heterocycles. The van der Waals surface area contributed by atoms with Crippen molar-refractivity contribution in [1.29, 1.82) is 0 Å². The Morgan fingerprint density at radius 1 is 0.302 bits per heavy atom. The van der Waals surface area contributed by atoms with Crippen LogP contribution in [0.2, 0.25) is 0 Å². The van der Waals surface area contributed by atoms with Gasteiger partial charge in [-0.2, -0.15) is 0 Å². The maximum atomic E-state index is 2.48. The maximum Gasteiger partial charge on any atom is 0.0726 e. The van der Waals surface area contributed by atoms with E-state index in [9.17, 15) is 0 Å². The van der Waals surface area contributed by atoms with E-state index in [-0.39, 0.29) is 0 Å². The molecule has 0 saturated carbocycles. The summed E-state index contributed by atoms with van der Waals surface area (Å²) >= 11 is 0. The molecule has 13 rings (SSSR count). The Kier molecular flexibility index (Phi) is 7.85. The molecule has 2 nitrogen and oxygen atoms in total. The zero-order valence-electron chi connectivity index (χ0n) is 34.5. The zero-order valence-corrected chi connectivity index (χ0v) is 34.5. The highest BCUT2D eigenvalue weighted by Gasteiger charge is 2.51. The van der Waals surface area contributed by atoms with Gasteiger partial charge in [-0.3, -0.25) is 0 Å². The van der Waals surface area contributed by atoms with Crippen LogP contribution in [-0.2, 0) is 5.41 Å². The highest BCUT2D eigenvalue weighted by Crippen LogP contribution is 2.63. The van der Waals surface area contributed by atoms with Gasteiger partial charge < -0.3 is 9.47 Å². The van der Waals surface area contributed by atoms with Crippen LogP contribution in [0.5, 0.6) is 0 Å². The van der Waals surface area contributed by atoms with E-state index in [4.69, 9.17) is 0 Å². The Labute approximate surface area is 367 Å². The molecular weight excluding hydrogens is 761 g/mol. The first-order valence-corrected chi connectivity index (χ1v) is 21.8. The summed E-state index contributed by atoms with van der Waals surface area (Å²) in [7, 11) is 0. The van der Waals surface area contributed by atoms with Gasteiger partial charge in [0.15, 0.2) is 0 Å². The average Bonchev–Trinajstić information content (AvgIpc) is 3.96. The fourth-order valence-electron chi connectivity index (χ4n) is 11.0. The largest absolute Gasteiger partial charge is 0.310 e. The van der Waals surface area contributed by atoms with E-state index >= 15 is 0 Å². The molecule has 0 fully saturated rings. The highest BCUT2D eigenvalue weighted by atomic mass is 15.1. The van der Waals surface area contributed by atoms with Crippen molar-refractivity contribution in [3.05, 3.63) is 265 Å². The van der Waals surface area contributed by atoms with Crippen LogP contribution in [0.3, 0.4) is 0 Å². The third kappa shape index (κ3) is 5.19. The molecule has 0 unspecified atom stereocenters. The summed E-state index contributed by atoms with van der Waals surface area (Å²) in [6, 6.07) is 89.5. The fraction of sp³-hybridized carbons (Fsp3) is 0.0164. The lowest BCUT2D eigenvalue weighted by Gasteiger charge is -2.32. The number of hydrogen-bond donors (Lipinski definition) is 0. The van der Waals surface area contributed by atoms with Crippen molar-refractivity contribution in [2.24, 2.45) is 0 Å². The molecule has 1 spiro atoms. The van der Waals surface area contributed by atoms with Gasteiger partial charge in [-0.15, -0.1) is 0 Å². The Morgan fingerprint density at radius 3 is 1.56 bits per heavy atom. The maximum absolute atomic E-state index is 2.48. The molecule has 2 aliphatic rings. The summed E-state index contributed by atoms with van der Waals surface area (Å²) in [5, 5.41) is 2.50. The lowest BCUT2D eigenvalue weighted by Crippen LogP contribution is -2.26. The number of hydrogen-bond acceptors (Lipinski definition) is 1. The standard InChI is InChI=1S/C61H40N2/c1-3-20-44(21-4-1)62(46-35-36-51-50-27-9-14-31-56(50)61(57(51)40-46)54-29-12-7-25-48(54)49-26-8-13-30-55(49)61)58-32-15-10-24-47(58)43-19-17-18-41(38-43)42-34-37-60-53(39-42)52-28-11-16-33-59(52)63(60)45-22-5-2-6-23-45/h1-40H. The normalized spacial score (nSPS) is 12.9. The van der Waals surface area contributed by atoms with Crippen molar-refractivity contribution < 1.29 is 0 Å². The second kappa shape index (κ2) is 13.9. The van der Waals surface area contributed by atoms with Crippen molar-refractivity contribution in [2.75, 3.05) is 4.90 Å². The summed E-state index contributed by atoms with van der Waals surface area (Å²) < 4.78 is 2.38. The first-order chi connectivity index (χ1) is 31.3. The van der Waals surface area contributed by atoms with E-state index < -0.39 is 5.41 Å². The number of anilines is 3. The zero-order chi connectivity index (χ0) is 41.5. The minimum Gasteiger partial charge on any atom is -0.310 e. The van der Waals surface area contributed by atoms with E-state index in [1.54, 1.807) is 0 Å². The van der Waals surface area contributed by atoms with Crippen LogP contribution in [-0.4, -0.2) is 4.57 Å². The van der Waals surface area contributed by atoms with E-state index in [1.165, 1.54) is 94.3 Å². The second-order valence-electron chi connectivity index (χ2n) is 16.8. The Balaban J connectivity index is 0.976. The molecule has 0 atom stereocenters. The fourth-order valence-corrected chi connectivity index (χ4v) is 11.0. The van der Waals surface area contributed by atoms with Crippen molar-refractivity contribution in [1.82, 2.24) is 4.57 Å². The highest BCUT2D eigenvalue weighted by molar-refractivity contribution is 6.10. The van der Waals surface area contributed by atoms with Crippen molar-refractivity contribution in [2.45, 2.75) is 5.41 Å². The predicted molar refractivity (Wildman–Crippen MR) is 263 cm³/mol. The van der Waals surface area contributed by atoms with E-state index in [1.807, 2.05) is 0 Å². The summed E-state index contributed by atoms with van der Waals surface area (Å²) in [5.41, 5.74) is 21.8. The third-order valence-corrected chi connectivity index (χ3v) is 13.6. The molecule has 294 valence electrons. The molecule has 0 saturated heterocycles. The summed E-state index contributed by atoms with van der Waals surface area (Å²) in [6.45, 7) is 0. The second-order valence-corrected chi connectivity index (χ2v) is 16.8. The molecular formula is C61H40N2. The Hall–Kier alpha value is -8.20. The quantitative estimate of drug-likeness (QED) is 0.163. The first-order valence-electron chi connectivity index (χ1n) is 21.8. The number of rotatable bonds is 6. The monoisotopic (exact) mass is 800 g/mol. The van der Waals surface area contributed by atoms with E-state index in [0.717, 1.165) is 17.1 Å². The van der Waals surface area contributed by atoms with Crippen molar-refractivity contribution in [3.8, 4) is 50.2 Å². The molecule has 10 aromatic carbocycles. The molecule has 63 heavy (non-hydrogen) atoms. The summed E-state index contributed by atoms with van der Waals surface area (Å²) in [6.07, 6.45) is 0. The topological polar surface area (TPSA) is 8.17 Å². The van der Waals surface area contributed by atoms with Gasteiger partial charge in [0.2, 0.25) is 0 Å². The number of fused-ring (bicyclic) bond motifs is 13. The van der Waals surface area contributed by atoms with Crippen LogP contribution in [0.1, 0.15) is 22.3 Å². The van der Waals surface area contributed by atoms with Gasteiger partial charge in [0, 0.05) is 33.4 Å². The number of aromatic nitrogens is 1. The first kappa shape index (κ1) is 35.5. The van der Waals surface area contributed by atoms with Crippen LogP contribution in [0.25, 0.3) is 72.0 Å². The molecule has 0 bridgehead atoms. The lowest BCUT2D eigenvalue weighted by molar-refractivity contribution is 0.793. The number of para-hydroxylation sites is 4. The minimum absolute atomic E-state index is 0.431. The minimum atomic E-state index is -0.431. The molecule has 0 radical (unpaired) electrons. The van der Waals surface area contributed by atoms with E-state index in [2.05, 4.69) is 252 Å². The molecule has 1 heterocycles. The van der Waals surface area contributed by atoms with Gasteiger partial charge in [0.1, 0.15) is 0 Å². The smallest absolute Gasteiger partial charge is 0.0726 e. The molecule has 0 amide bonds. The van der Waals surface area contributed by atoms with Gasteiger partial charge in [-0.1, -0.05) is 176 Å². The lowest BCUT2D eigenvalue weighted by atomic mass is 9.70. The molecule has 11 aromatic rings. The van der Waals surface area contributed by atoms with Crippen LogP contribution in [0.15, 0.2) is 243 Å². The SMILES string of the molecule is c1ccc(N(c2ccc3c(c2)C2(c4ccccc4-c4ccccc42)c2ccccc2-3)c2ccccc2-c2cccc(-c3ccc4c(c3)c3ccccc3n4-c3ccccc3)c2)cc1. The molecule has 0 aliphatic heterocycles. The molecule has 2 heteroatoms. The van der Waals surface area contributed by atoms with Gasteiger partial charge in [-0.25, -0.2) is 0 Å². The van der Waals surface area contributed by atoms with Gasteiger partial charge >= 0.3 is 0 Å². The summed E-state index contributed by atoms with van der Waals surface area (Å²) in [4.78, 5) is 2.45.